The van der Waals surface area contributed by atoms with Gasteiger partial charge in [-0.1, -0.05) is 12.2 Å². The monoisotopic (exact) mass is 319 g/mol. The number of nitrogens with zero attached hydrogens (tertiary/aromatic N) is 3. The second-order valence-electron chi connectivity index (χ2n) is 5.54. The van der Waals surface area contributed by atoms with Crippen molar-refractivity contribution in [2.75, 3.05) is 12.4 Å². The molecule has 6 heteroatoms. The van der Waals surface area contributed by atoms with Crippen molar-refractivity contribution < 1.29 is 4.74 Å². The summed E-state index contributed by atoms with van der Waals surface area (Å²) in [5.74, 6) is 2.20. The highest BCUT2D eigenvalue weighted by Crippen LogP contribution is 2.26. The number of aromatic amines is 1. The molecule has 0 spiro atoms. The molecule has 0 amide bonds. The van der Waals surface area contributed by atoms with E-state index in [1.54, 1.807) is 13.3 Å². The molecule has 4 rings (SSSR count). The first kappa shape index (κ1) is 14.4. The summed E-state index contributed by atoms with van der Waals surface area (Å²) in [6, 6.07) is 7.71. The molecule has 1 aliphatic carbocycles. The number of aromatic nitrogens is 4. The number of allylic oxidation sites excluding steroid dienone is 4. The maximum atomic E-state index is 5.21. The first-order chi connectivity index (χ1) is 11.8. The lowest BCUT2D eigenvalue weighted by Gasteiger charge is -2.13. The smallest absolute Gasteiger partial charge is 0.162 e. The Balaban J connectivity index is 1.76. The maximum Gasteiger partial charge on any atom is 0.162 e. The van der Waals surface area contributed by atoms with Crippen molar-refractivity contribution in [2.45, 2.75) is 12.8 Å². The van der Waals surface area contributed by atoms with E-state index in [-0.39, 0.29) is 0 Å². The zero-order valence-electron chi connectivity index (χ0n) is 13.3. The predicted octanol–water partition coefficient (Wildman–Crippen LogP) is 3.67. The van der Waals surface area contributed by atoms with E-state index < -0.39 is 0 Å². The lowest BCUT2D eigenvalue weighted by atomic mass is 10.1. The molecule has 0 fully saturated rings. The largest absolute Gasteiger partial charge is 0.497 e. The topological polar surface area (TPSA) is 75.7 Å². The highest BCUT2D eigenvalue weighted by Gasteiger charge is 2.12. The molecule has 120 valence electrons. The number of nitrogens with one attached hydrogen (secondary N) is 2. The molecule has 2 aromatic heterocycles. The first-order valence-corrected chi connectivity index (χ1v) is 7.82. The average Bonchev–Trinajstić information content (AvgIpc) is 3.11. The Labute approximate surface area is 139 Å². The summed E-state index contributed by atoms with van der Waals surface area (Å²) in [5, 5.41) is 10.5. The summed E-state index contributed by atoms with van der Waals surface area (Å²) in [4.78, 5) is 9.29. The second kappa shape index (κ2) is 6.16. The zero-order chi connectivity index (χ0) is 16.4. The molecular formula is C18H17N5O. The minimum absolute atomic E-state index is 0.654. The number of ether oxygens (including phenoxy) is 1. The van der Waals surface area contributed by atoms with Gasteiger partial charge in [-0.15, -0.1) is 0 Å². The Kier molecular flexibility index (Phi) is 3.70. The lowest BCUT2D eigenvalue weighted by molar-refractivity contribution is 0.415. The fourth-order valence-corrected chi connectivity index (χ4v) is 2.66. The molecular weight excluding hydrogens is 302 g/mol. The van der Waals surface area contributed by atoms with Crippen LogP contribution < -0.4 is 10.1 Å². The Morgan fingerprint density at radius 2 is 2.04 bits per heavy atom. The summed E-state index contributed by atoms with van der Waals surface area (Å²) >= 11 is 0. The number of H-pyrrole nitrogens is 1. The first-order valence-electron chi connectivity index (χ1n) is 7.82. The molecule has 0 saturated carbocycles. The molecule has 0 unspecified atom stereocenters. The molecule has 0 bridgehead atoms. The second-order valence-corrected chi connectivity index (χ2v) is 5.54. The average molecular weight is 319 g/mol. The molecule has 1 aliphatic rings. The molecule has 24 heavy (non-hydrogen) atoms. The molecule has 2 heterocycles. The van der Waals surface area contributed by atoms with Crippen LogP contribution in [0.3, 0.4) is 0 Å². The van der Waals surface area contributed by atoms with E-state index in [4.69, 9.17) is 9.72 Å². The van der Waals surface area contributed by atoms with E-state index in [2.05, 4.69) is 38.7 Å². The van der Waals surface area contributed by atoms with E-state index in [0.29, 0.717) is 5.82 Å². The fourth-order valence-electron chi connectivity index (χ4n) is 2.66. The predicted molar refractivity (Wildman–Crippen MR) is 93.8 cm³/mol. The standard InChI is InChI=1S/C18H17N5O/c1-24-14-9-7-12(8-10-14)17-21-15-11-19-23-16(15)18(22-17)20-13-5-3-2-4-6-13/h2-3,5,7-11H,4,6H2,1H3,(H,19,23)(H,20,21,22). The van der Waals surface area contributed by atoms with Gasteiger partial charge in [-0.2, -0.15) is 5.10 Å². The van der Waals surface area contributed by atoms with Crippen LogP contribution in [0.15, 0.2) is 54.4 Å². The molecule has 1 aromatic carbocycles. The van der Waals surface area contributed by atoms with Gasteiger partial charge in [-0.25, -0.2) is 9.97 Å². The van der Waals surface area contributed by atoms with Crippen LogP contribution in [-0.4, -0.2) is 27.3 Å². The van der Waals surface area contributed by atoms with Gasteiger partial charge in [0.1, 0.15) is 16.8 Å². The van der Waals surface area contributed by atoms with Crippen molar-refractivity contribution in [3.63, 3.8) is 0 Å². The highest BCUT2D eigenvalue weighted by atomic mass is 16.5. The summed E-state index contributed by atoms with van der Waals surface area (Å²) in [7, 11) is 1.65. The van der Waals surface area contributed by atoms with Gasteiger partial charge in [-0.3, -0.25) is 5.10 Å². The van der Waals surface area contributed by atoms with Gasteiger partial charge in [0, 0.05) is 11.3 Å². The number of hydrogen-bond donors (Lipinski definition) is 2. The van der Waals surface area contributed by atoms with Crippen LogP contribution in [0.2, 0.25) is 0 Å². The Hall–Kier alpha value is -3.15. The van der Waals surface area contributed by atoms with E-state index in [9.17, 15) is 0 Å². The van der Waals surface area contributed by atoms with Crippen LogP contribution in [0.25, 0.3) is 22.4 Å². The summed E-state index contributed by atoms with van der Waals surface area (Å²) in [6.45, 7) is 0. The third-order valence-electron chi connectivity index (χ3n) is 3.94. The number of fused-ring (bicyclic) bond motifs is 1. The van der Waals surface area contributed by atoms with Crippen molar-refractivity contribution in [3.05, 3.63) is 54.4 Å². The number of methoxy groups -OCH3 is 1. The van der Waals surface area contributed by atoms with Gasteiger partial charge in [0.05, 0.1) is 13.3 Å². The van der Waals surface area contributed by atoms with Crippen LogP contribution in [0.5, 0.6) is 5.75 Å². The van der Waals surface area contributed by atoms with Gasteiger partial charge in [-0.05, 0) is 43.2 Å². The fraction of sp³-hybridized carbons (Fsp3) is 0.167. The summed E-state index contributed by atoms with van der Waals surface area (Å²) < 4.78 is 5.21. The quantitative estimate of drug-likeness (QED) is 0.767. The molecule has 3 aromatic rings. The number of hydrogen-bond acceptors (Lipinski definition) is 5. The number of benzene rings is 1. The van der Waals surface area contributed by atoms with Crippen LogP contribution in [0.4, 0.5) is 5.82 Å². The van der Waals surface area contributed by atoms with E-state index in [1.165, 1.54) is 0 Å². The van der Waals surface area contributed by atoms with Crippen LogP contribution >= 0.6 is 0 Å². The Morgan fingerprint density at radius 1 is 1.17 bits per heavy atom. The van der Waals surface area contributed by atoms with E-state index in [1.807, 2.05) is 24.3 Å². The number of anilines is 1. The SMILES string of the molecule is COc1ccc(-c2nc(NC3=CC=CCC3)c3[nH]ncc3n2)cc1. The highest BCUT2D eigenvalue weighted by molar-refractivity contribution is 5.87. The maximum absolute atomic E-state index is 5.21. The molecule has 0 radical (unpaired) electrons. The van der Waals surface area contributed by atoms with Crippen molar-refractivity contribution in [3.8, 4) is 17.1 Å². The molecule has 6 nitrogen and oxygen atoms in total. The zero-order valence-corrected chi connectivity index (χ0v) is 13.3. The molecule has 0 atom stereocenters. The van der Waals surface area contributed by atoms with Gasteiger partial charge in [0.25, 0.3) is 0 Å². The van der Waals surface area contributed by atoms with E-state index in [0.717, 1.165) is 46.7 Å². The minimum atomic E-state index is 0.654. The van der Waals surface area contributed by atoms with Crippen molar-refractivity contribution in [1.29, 1.82) is 0 Å². The molecule has 2 N–H and O–H groups in total. The number of rotatable bonds is 4. The van der Waals surface area contributed by atoms with E-state index >= 15 is 0 Å². The minimum Gasteiger partial charge on any atom is -0.497 e. The Bertz CT molecular complexity index is 924. The Morgan fingerprint density at radius 3 is 2.79 bits per heavy atom. The molecule has 0 saturated heterocycles. The van der Waals surface area contributed by atoms with Crippen molar-refractivity contribution in [1.82, 2.24) is 20.2 Å². The van der Waals surface area contributed by atoms with Gasteiger partial charge in [0.2, 0.25) is 0 Å². The normalized spacial score (nSPS) is 13.8. The van der Waals surface area contributed by atoms with Gasteiger partial charge >= 0.3 is 0 Å². The van der Waals surface area contributed by atoms with Crippen molar-refractivity contribution in [2.24, 2.45) is 0 Å². The summed E-state index contributed by atoms with van der Waals surface area (Å²) in [5.41, 5.74) is 3.65. The van der Waals surface area contributed by atoms with Crippen LogP contribution in [0.1, 0.15) is 12.8 Å². The molecule has 0 aliphatic heterocycles. The van der Waals surface area contributed by atoms with Crippen molar-refractivity contribution >= 4 is 16.9 Å². The van der Waals surface area contributed by atoms with Crippen LogP contribution in [0, 0.1) is 0 Å². The van der Waals surface area contributed by atoms with Gasteiger partial charge in [0.15, 0.2) is 11.6 Å². The third kappa shape index (κ3) is 2.74. The third-order valence-corrected chi connectivity index (χ3v) is 3.94. The van der Waals surface area contributed by atoms with Gasteiger partial charge < -0.3 is 10.1 Å². The summed E-state index contributed by atoms with van der Waals surface area (Å²) in [6.07, 6.45) is 9.99. The van der Waals surface area contributed by atoms with Crippen LogP contribution in [-0.2, 0) is 0 Å². The lowest BCUT2D eigenvalue weighted by Crippen LogP contribution is -2.05.